The number of carbonyl (C=O) groups is 1. The largest absolute Gasteiger partial charge is 0.463 e. The Bertz CT molecular complexity index is 1050. The van der Waals surface area contributed by atoms with Crippen molar-refractivity contribution in [2.45, 2.75) is 6.92 Å². The third-order valence-electron chi connectivity index (χ3n) is 3.59. The highest BCUT2D eigenvalue weighted by molar-refractivity contribution is 6.30. The monoisotopic (exact) mass is 385 g/mol. The number of hydrogen-bond acceptors (Lipinski definition) is 4. The molecule has 0 radical (unpaired) electrons. The van der Waals surface area contributed by atoms with E-state index in [1.165, 1.54) is 7.11 Å². The molecule has 0 saturated carbocycles. The number of esters is 1. The molecule has 0 fully saturated rings. The van der Waals surface area contributed by atoms with Crippen LogP contribution in [-0.4, -0.2) is 27.6 Å². The SMILES string of the molecule is COC(=O)c1nc(C#Cc2ccnc(Cl)c2)c(C)n1-c1cccc(Cl)c1. The quantitative estimate of drug-likeness (QED) is 0.379. The molecule has 0 spiro atoms. The molecule has 0 atom stereocenters. The van der Waals surface area contributed by atoms with Crippen LogP contribution in [0.4, 0.5) is 0 Å². The van der Waals surface area contributed by atoms with Gasteiger partial charge in [0.25, 0.3) is 0 Å². The molecule has 0 bridgehead atoms. The second kappa shape index (κ2) is 7.61. The van der Waals surface area contributed by atoms with E-state index in [4.69, 9.17) is 27.9 Å². The van der Waals surface area contributed by atoms with Gasteiger partial charge in [-0.1, -0.05) is 35.2 Å². The van der Waals surface area contributed by atoms with Crippen LogP contribution in [0.25, 0.3) is 5.69 Å². The number of halogens is 2. The summed E-state index contributed by atoms with van der Waals surface area (Å²) in [4.78, 5) is 20.4. The standard InChI is InChI=1S/C19H13Cl2N3O2/c1-12-16(7-6-13-8-9-22-17(21)10-13)23-18(19(25)26-2)24(12)15-5-3-4-14(20)11-15/h3-5,8-11H,1-2H3. The highest BCUT2D eigenvalue weighted by Gasteiger charge is 2.21. The van der Waals surface area contributed by atoms with Crippen LogP contribution < -0.4 is 0 Å². The van der Waals surface area contributed by atoms with Crippen molar-refractivity contribution in [2.24, 2.45) is 0 Å². The second-order valence-corrected chi connectivity index (χ2v) is 6.12. The Hall–Kier alpha value is -2.81. The zero-order chi connectivity index (χ0) is 18.7. The Morgan fingerprint density at radius 3 is 2.69 bits per heavy atom. The van der Waals surface area contributed by atoms with E-state index in [0.717, 1.165) is 0 Å². The summed E-state index contributed by atoms with van der Waals surface area (Å²) in [5, 5.41) is 0.902. The highest BCUT2D eigenvalue weighted by atomic mass is 35.5. The molecule has 130 valence electrons. The van der Waals surface area contributed by atoms with Crippen LogP contribution in [0.2, 0.25) is 10.2 Å². The van der Waals surface area contributed by atoms with Gasteiger partial charge in [-0.15, -0.1) is 0 Å². The van der Waals surface area contributed by atoms with Gasteiger partial charge in [-0.2, -0.15) is 0 Å². The van der Waals surface area contributed by atoms with Crippen molar-refractivity contribution in [3.05, 3.63) is 75.5 Å². The minimum absolute atomic E-state index is 0.129. The topological polar surface area (TPSA) is 57.0 Å². The first-order valence-electron chi connectivity index (χ1n) is 7.57. The third kappa shape index (κ3) is 3.72. The van der Waals surface area contributed by atoms with Crippen LogP contribution in [-0.2, 0) is 4.74 Å². The van der Waals surface area contributed by atoms with Crippen molar-refractivity contribution in [3.63, 3.8) is 0 Å². The minimum Gasteiger partial charge on any atom is -0.463 e. The van der Waals surface area contributed by atoms with E-state index in [2.05, 4.69) is 21.8 Å². The van der Waals surface area contributed by atoms with Crippen molar-refractivity contribution in [3.8, 4) is 17.5 Å². The molecule has 0 aliphatic carbocycles. The molecule has 26 heavy (non-hydrogen) atoms. The average molecular weight is 386 g/mol. The Morgan fingerprint density at radius 2 is 2.00 bits per heavy atom. The number of pyridine rings is 1. The Kier molecular flexibility index (Phi) is 5.27. The average Bonchev–Trinajstić information content (AvgIpc) is 2.96. The van der Waals surface area contributed by atoms with E-state index in [1.807, 2.05) is 13.0 Å². The van der Waals surface area contributed by atoms with Crippen molar-refractivity contribution in [1.82, 2.24) is 14.5 Å². The van der Waals surface area contributed by atoms with Crippen molar-refractivity contribution in [2.75, 3.05) is 7.11 Å². The number of imidazole rings is 1. The number of aromatic nitrogens is 3. The highest BCUT2D eigenvalue weighted by Crippen LogP contribution is 2.21. The lowest BCUT2D eigenvalue weighted by Gasteiger charge is -2.09. The number of benzene rings is 1. The molecule has 3 aromatic rings. The van der Waals surface area contributed by atoms with Gasteiger partial charge in [0.15, 0.2) is 0 Å². The summed E-state index contributed by atoms with van der Waals surface area (Å²) in [5.41, 5.74) is 2.54. The minimum atomic E-state index is -0.562. The summed E-state index contributed by atoms with van der Waals surface area (Å²) in [6.07, 6.45) is 1.57. The molecule has 0 unspecified atom stereocenters. The lowest BCUT2D eigenvalue weighted by atomic mass is 10.2. The molecule has 2 aromatic heterocycles. The van der Waals surface area contributed by atoms with Gasteiger partial charge in [0.2, 0.25) is 5.82 Å². The number of carbonyl (C=O) groups excluding carboxylic acids is 1. The fourth-order valence-corrected chi connectivity index (χ4v) is 2.75. The van der Waals surface area contributed by atoms with Gasteiger partial charge in [0, 0.05) is 22.5 Å². The number of ether oxygens (including phenoxy) is 1. The fourth-order valence-electron chi connectivity index (χ4n) is 2.39. The molecule has 1 aromatic carbocycles. The molecule has 0 saturated heterocycles. The second-order valence-electron chi connectivity index (χ2n) is 5.29. The van der Waals surface area contributed by atoms with Crippen LogP contribution in [0.5, 0.6) is 0 Å². The van der Waals surface area contributed by atoms with Gasteiger partial charge in [-0.25, -0.2) is 14.8 Å². The van der Waals surface area contributed by atoms with E-state index in [9.17, 15) is 4.79 Å². The van der Waals surface area contributed by atoms with Crippen LogP contribution in [0.1, 0.15) is 27.6 Å². The summed E-state index contributed by atoms with van der Waals surface area (Å²) < 4.78 is 6.51. The van der Waals surface area contributed by atoms with E-state index >= 15 is 0 Å². The Morgan fingerprint density at radius 1 is 1.19 bits per heavy atom. The van der Waals surface area contributed by atoms with Gasteiger partial charge in [-0.05, 0) is 43.2 Å². The molecule has 3 rings (SSSR count). The van der Waals surface area contributed by atoms with E-state index in [0.29, 0.717) is 32.8 Å². The van der Waals surface area contributed by atoms with E-state index < -0.39 is 5.97 Å². The number of methoxy groups -OCH3 is 1. The van der Waals surface area contributed by atoms with Crippen LogP contribution in [0, 0.1) is 18.8 Å². The van der Waals surface area contributed by atoms with Gasteiger partial charge in [0.05, 0.1) is 12.8 Å². The summed E-state index contributed by atoms with van der Waals surface area (Å²) >= 11 is 11.9. The maximum Gasteiger partial charge on any atom is 0.374 e. The maximum absolute atomic E-state index is 12.2. The predicted octanol–water partition coefficient (Wildman–Crippen LogP) is 4.07. The van der Waals surface area contributed by atoms with Crippen LogP contribution in [0.15, 0.2) is 42.6 Å². The smallest absolute Gasteiger partial charge is 0.374 e. The van der Waals surface area contributed by atoms with Crippen molar-refractivity contribution >= 4 is 29.2 Å². The molecule has 5 nitrogen and oxygen atoms in total. The van der Waals surface area contributed by atoms with Gasteiger partial charge in [0.1, 0.15) is 10.8 Å². The molecule has 2 heterocycles. The molecular formula is C19H13Cl2N3O2. The Labute approximate surface area is 160 Å². The van der Waals surface area contributed by atoms with Gasteiger partial charge < -0.3 is 4.74 Å². The summed E-state index contributed by atoms with van der Waals surface area (Å²) in [7, 11) is 1.30. The number of nitrogens with zero attached hydrogens (tertiary/aromatic N) is 3. The lowest BCUT2D eigenvalue weighted by Crippen LogP contribution is -2.11. The molecule has 0 amide bonds. The maximum atomic E-state index is 12.2. The molecule has 7 heteroatoms. The van der Waals surface area contributed by atoms with Gasteiger partial charge in [-0.3, -0.25) is 4.57 Å². The zero-order valence-electron chi connectivity index (χ0n) is 14.0. The first-order chi connectivity index (χ1) is 12.5. The van der Waals surface area contributed by atoms with E-state index in [1.54, 1.807) is 41.1 Å². The normalized spacial score (nSPS) is 10.2. The van der Waals surface area contributed by atoms with Gasteiger partial charge >= 0.3 is 5.97 Å². The number of rotatable bonds is 2. The van der Waals surface area contributed by atoms with Crippen molar-refractivity contribution < 1.29 is 9.53 Å². The predicted molar refractivity (Wildman–Crippen MR) is 99.9 cm³/mol. The first kappa shape index (κ1) is 18.0. The first-order valence-corrected chi connectivity index (χ1v) is 8.32. The third-order valence-corrected chi connectivity index (χ3v) is 4.04. The number of hydrogen-bond donors (Lipinski definition) is 0. The molecule has 0 N–H and O–H groups in total. The lowest BCUT2D eigenvalue weighted by molar-refractivity contribution is 0.0584. The zero-order valence-corrected chi connectivity index (χ0v) is 15.5. The summed E-state index contributed by atoms with van der Waals surface area (Å²) in [6.45, 7) is 1.82. The summed E-state index contributed by atoms with van der Waals surface area (Å²) in [6, 6.07) is 10.5. The van der Waals surface area contributed by atoms with E-state index in [-0.39, 0.29) is 5.82 Å². The van der Waals surface area contributed by atoms with Crippen molar-refractivity contribution in [1.29, 1.82) is 0 Å². The molecule has 0 aliphatic heterocycles. The van der Waals surface area contributed by atoms with Crippen LogP contribution >= 0.6 is 23.2 Å². The summed E-state index contributed by atoms with van der Waals surface area (Å²) in [5.74, 6) is 5.51. The molecular weight excluding hydrogens is 373 g/mol. The van der Waals surface area contributed by atoms with Crippen LogP contribution in [0.3, 0.4) is 0 Å². The fraction of sp³-hybridized carbons (Fsp3) is 0.105. The Balaban J connectivity index is 2.13. The molecule has 0 aliphatic rings.